The molecule has 0 rings (SSSR count). The average Bonchev–Trinajstić information content (AvgIpc) is 2.27. The van der Waals surface area contributed by atoms with Crippen molar-refractivity contribution in [3.63, 3.8) is 0 Å². The molecule has 0 saturated heterocycles. The Morgan fingerprint density at radius 3 is 2.31 bits per heavy atom. The van der Waals surface area contributed by atoms with Crippen molar-refractivity contribution in [2.45, 2.75) is 26.3 Å². The highest BCUT2D eigenvalue weighted by atomic mass is 35.5. The summed E-state index contributed by atoms with van der Waals surface area (Å²) in [5.74, 6) is -1.77. The van der Waals surface area contributed by atoms with Crippen LogP contribution in [0, 0.1) is 5.92 Å². The maximum atomic E-state index is 11.6. The number of alkyl halides is 1. The standard InChI is InChI=1S/C10H16ClNO4/c1-6(10(15)16-3)4-8(13)7(2)12-9(14)5-11/h6-7H,4-5H2,1-3H3,(H,12,14)/t6-,7+/m0/s1. The van der Waals surface area contributed by atoms with Crippen molar-refractivity contribution in [1.29, 1.82) is 0 Å². The summed E-state index contributed by atoms with van der Waals surface area (Å²) < 4.78 is 4.50. The lowest BCUT2D eigenvalue weighted by molar-refractivity contribution is -0.146. The van der Waals surface area contributed by atoms with Crippen LogP contribution < -0.4 is 5.32 Å². The summed E-state index contributed by atoms with van der Waals surface area (Å²) in [5.41, 5.74) is 0. The Hall–Kier alpha value is -1.10. The number of ketones is 1. The van der Waals surface area contributed by atoms with E-state index in [1.54, 1.807) is 13.8 Å². The monoisotopic (exact) mass is 249 g/mol. The largest absolute Gasteiger partial charge is 0.469 e. The lowest BCUT2D eigenvalue weighted by Gasteiger charge is -2.14. The van der Waals surface area contributed by atoms with Gasteiger partial charge in [0.05, 0.1) is 19.1 Å². The number of Topliss-reactive ketones (excluding diaryl/α,β-unsaturated/α-hetero) is 1. The zero-order valence-corrected chi connectivity index (χ0v) is 10.3. The predicted molar refractivity (Wildman–Crippen MR) is 59.1 cm³/mol. The van der Waals surface area contributed by atoms with Crippen LogP contribution in [0.2, 0.25) is 0 Å². The Bertz CT molecular complexity index is 280. The zero-order valence-electron chi connectivity index (χ0n) is 9.58. The number of nitrogens with one attached hydrogen (secondary N) is 1. The summed E-state index contributed by atoms with van der Waals surface area (Å²) in [6.07, 6.45) is 0.0381. The Kier molecular flexibility index (Phi) is 6.72. The molecule has 0 aliphatic rings. The summed E-state index contributed by atoms with van der Waals surface area (Å²) in [4.78, 5) is 33.5. The van der Waals surface area contributed by atoms with E-state index >= 15 is 0 Å². The number of amides is 1. The van der Waals surface area contributed by atoms with E-state index in [4.69, 9.17) is 11.6 Å². The van der Waals surface area contributed by atoms with E-state index in [2.05, 4.69) is 10.1 Å². The molecule has 0 radical (unpaired) electrons. The van der Waals surface area contributed by atoms with Gasteiger partial charge in [-0.1, -0.05) is 6.92 Å². The van der Waals surface area contributed by atoms with Crippen LogP contribution in [-0.2, 0) is 19.1 Å². The fraction of sp³-hybridized carbons (Fsp3) is 0.700. The molecule has 92 valence electrons. The summed E-state index contributed by atoms with van der Waals surface area (Å²) >= 11 is 5.28. The van der Waals surface area contributed by atoms with E-state index in [0.29, 0.717) is 0 Å². The van der Waals surface area contributed by atoms with Gasteiger partial charge in [0.2, 0.25) is 5.91 Å². The number of methoxy groups -OCH3 is 1. The Labute approximate surface area is 99.5 Å². The van der Waals surface area contributed by atoms with Crippen molar-refractivity contribution >= 4 is 29.3 Å². The minimum Gasteiger partial charge on any atom is -0.469 e. The molecule has 0 saturated carbocycles. The van der Waals surface area contributed by atoms with Crippen LogP contribution in [0.1, 0.15) is 20.3 Å². The number of esters is 1. The molecule has 0 aromatic heterocycles. The number of rotatable bonds is 6. The van der Waals surface area contributed by atoms with Gasteiger partial charge in [-0.25, -0.2) is 0 Å². The van der Waals surface area contributed by atoms with Gasteiger partial charge in [0, 0.05) is 6.42 Å². The first-order chi connectivity index (χ1) is 7.42. The minimum absolute atomic E-state index is 0.0381. The lowest BCUT2D eigenvalue weighted by atomic mass is 10.0. The van der Waals surface area contributed by atoms with Gasteiger partial charge < -0.3 is 10.1 Å². The zero-order chi connectivity index (χ0) is 12.7. The fourth-order valence-electron chi connectivity index (χ4n) is 1.12. The summed E-state index contributed by atoms with van der Waals surface area (Å²) in [7, 11) is 1.27. The Morgan fingerprint density at radius 1 is 1.31 bits per heavy atom. The third kappa shape index (κ3) is 5.11. The number of ether oxygens (including phenoxy) is 1. The van der Waals surface area contributed by atoms with Gasteiger partial charge in [-0.15, -0.1) is 11.6 Å². The lowest BCUT2D eigenvalue weighted by Crippen LogP contribution is -2.40. The van der Waals surface area contributed by atoms with Crippen molar-refractivity contribution in [1.82, 2.24) is 5.32 Å². The number of carbonyl (C=O) groups is 3. The molecule has 1 amide bonds. The van der Waals surface area contributed by atoms with E-state index in [1.807, 2.05) is 0 Å². The van der Waals surface area contributed by atoms with E-state index in [0.717, 1.165) is 0 Å². The number of halogens is 1. The third-order valence-electron chi connectivity index (χ3n) is 2.09. The molecule has 5 nitrogen and oxygen atoms in total. The van der Waals surface area contributed by atoms with Crippen molar-refractivity contribution in [2.75, 3.05) is 13.0 Å². The normalized spacial score (nSPS) is 13.8. The average molecular weight is 250 g/mol. The van der Waals surface area contributed by atoms with E-state index in [1.165, 1.54) is 7.11 Å². The van der Waals surface area contributed by atoms with Crippen LogP contribution in [0.4, 0.5) is 0 Å². The highest BCUT2D eigenvalue weighted by Crippen LogP contribution is 2.06. The van der Waals surface area contributed by atoms with Crippen molar-refractivity contribution < 1.29 is 19.1 Å². The Balaban J connectivity index is 4.15. The first-order valence-corrected chi connectivity index (χ1v) is 5.41. The van der Waals surface area contributed by atoms with Crippen LogP contribution in [0.25, 0.3) is 0 Å². The molecule has 0 unspecified atom stereocenters. The number of hydrogen-bond donors (Lipinski definition) is 1. The van der Waals surface area contributed by atoms with Crippen molar-refractivity contribution in [3.8, 4) is 0 Å². The number of hydrogen-bond acceptors (Lipinski definition) is 4. The topological polar surface area (TPSA) is 72.5 Å². The van der Waals surface area contributed by atoms with E-state index < -0.39 is 23.8 Å². The van der Waals surface area contributed by atoms with Gasteiger partial charge in [0.25, 0.3) is 0 Å². The highest BCUT2D eigenvalue weighted by Gasteiger charge is 2.22. The molecule has 1 N–H and O–H groups in total. The van der Waals surface area contributed by atoms with Gasteiger partial charge in [-0.2, -0.15) is 0 Å². The van der Waals surface area contributed by atoms with Gasteiger partial charge in [0.1, 0.15) is 5.88 Å². The second-order valence-electron chi connectivity index (χ2n) is 3.52. The van der Waals surface area contributed by atoms with Crippen molar-refractivity contribution in [2.24, 2.45) is 5.92 Å². The maximum Gasteiger partial charge on any atom is 0.308 e. The molecule has 16 heavy (non-hydrogen) atoms. The van der Waals surface area contributed by atoms with Gasteiger partial charge >= 0.3 is 5.97 Å². The first-order valence-electron chi connectivity index (χ1n) is 4.88. The first kappa shape index (κ1) is 14.9. The van der Waals surface area contributed by atoms with Gasteiger partial charge in [-0.05, 0) is 6.92 Å². The second kappa shape index (κ2) is 7.22. The van der Waals surface area contributed by atoms with E-state index in [9.17, 15) is 14.4 Å². The minimum atomic E-state index is -0.640. The van der Waals surface area contributed by atoms with Gasteiger partial charge in [0.15, 0.2) is 5.78 Å². The fourth-order valence-corrected chi connectivity index (χ4v) is 1.20. The molecule has 0 bridgehead atoms. The van der Waals surface area contributed by atoms with Crippen LogP contribution >= 0.6 is 11.6 Å². The molecule has 0 spiro atoms. The maximum absolute atomic E-state index is 11.6. The molecule has 2 atom stereocenters. The second-order valence-corrected chi connectivity index (χ2v) is 3.78. The molecular weight excluding hydrogens is 234 g/mol. The number of carbonyl (C=O) groups excluding carboxylic acids is 3. The molecule has 0 aliphatic carbocycles. The molecule has 0 aromatic rings. The summed E-state index contributed by atoms with van der Waals surface area (Å²) in [5, 5.41) is 2.42. The molecule has 0 aromatic carbocycles. The molecule has 0 heterocycles. The highest BCUT2D eigenvalue weighted by molar-refractivity contribution is 6.27. The summed E-state index contributed by atoms with van der Waals surface area (Å²) in [6, 6.07) is -0.640. The quantitative estimate of drug-likeness (QED) is 0.550. The van der Waals surface area contributed by atoms with Crippen LogP contribution in [0.15, 0.2) is 0 Å². The molecule has 0 aliphatic heterocycles. The van der Waals surface area contributed by atoms with E-state index in [-0.39, 0.29) is 18.1 Å². The SMILES string of the molecule is COC(=O)[C@@H](C)CC(=O)[C@@H](C)NC(=O)CCl. The Morgan fingerprint density at radius 2 is 1.88 bits per heavy atom. The predicted octanol–water partition coefficient (Wildman–Crippen LogP) is 0.498. The van der Waals surface area contributed by atoms with Gasteiger partial charge in [-0.3, -0.25) is 14.4 Å². The molecular formula is C10H16ClNO4. The van der Waals surface area contributed by atoms with Crippen LogP contribution in [-0.4, -0.2) is 36.7 Å². The van der Waals surface area contributed by atoms with Crippen molar-refractivity contribution in [3.05, 3.63) is 0 Å². The molecule has 0 fully saturated rings. The van der Waals surface area contributed by atoms with Crippen LogP contribution in [0.3, 0.4) is 0 Å². The smallest absolute Gasteiger partial charge is 0.308 e. The van der Waals surface area contributed by atoms with Crippen LogP contribution in [0.5, 0.6) is 0 Å². The summed E-state index contributed by atoms with van der Waals surface area (Å²) in [6.45, 7) is 3.15. The molecule has 6 heteroatoms. The third-order valence-corrected chi connectivity index (χ3v) is 2.34.